The first kappa shape index (κ1) is 8.68. The molecule has 0 amide bonds. The van der Waals surface area contributed by atoms with Crippen LogP contribution in [0.3, 0.4) is 0 Å². The second-order valence-corrected chi connectivity index (χ2v) is 5.45. The molecule has 1 heterocycles. The van der Waals surface area contributed by atoms with Crippen molar-refractivity contribution in [2.75, 3.05) is 20.5 Å². The van der Waals surface area contributed by atoms with Gasteiger partial charge in [0.2, 0.25) is 0 Å². The molecular formula is C21H23NO3. The van der Waals surface area contributed by atoms with Crippen LogP contribution >= 0.6 is 0 Å². The fourth-order valence-electron chi connectivity index (χ4n) is 2.65. The number of fused-ring (bicyclic) bond motifs is 2. The van der Waals surface area contributed by atoms with E-state index < -0.39 is 32.9 Å². The van der Waals surface area contributed by atoms with E-state index in [9.17, 15) is 9.90 Å². The number of benzene rings is 2. The van der Waals surface area contributed by atoms with E-state index in [-0.39, 0.29) is 35.4 Å². The molecule has 0 atom stereocenters. The van der Waals surface area contributed by atoms with Gasteiger partial charge in [0.05, 0.1) is 9.11 Å². The Hall–Kier alpha value is -2.59. The van der Waals surface area contributed by atoms with Gasteiger partial charge in [-0.15, -0.1) is 0 Å². The summed E-state index contributed by atoms with van der Waals surface area (Å²) >= 11 is 0. The fourth-order valence-corrected chi connectivity index (χ4v) is 2.65. The maximum Gasteiger partial charge on any atom is 0.307 e. The van der Waals surface area contributed by atoms with E-state index in [0.717, 1.165) is 0 Å². The van der Waals surface area contributed by atoms with E-state index in [1.807, 2.05) is 0 Å². The second-order valence-electron chi connectivity index (χ2n) is 5.45. The minimum absolute atomic E-state index is 0.0193. The first-order valence-electron chi connectivity index (χ1n) is 12.6. The van der Waals surface area contributed by atoms with Crippen LogP contribution in [0.5, 0.6) is 5.75 Å². The van der Waals surface area contributed by atoms with Gasteiger partial charge in [-0.1, -0.05) is 36.4 Å². The molecule has 1 N–H and O–H groups in total. The Balaban J connectivity index is 2.18. The lowest BCUT2D eigenvalue weighted by molar-refractivity contribution is -0.136. The zero-order chi connectivity index (χ0) is 26.4. The molecule has 0 aromatic heterocycles. The summed E-state index contributed by atoms with van der Waals surface area (Å²) in [4.78, 5) is 11.9. The highest BCUT2D eigenvalue weighted by molar-refractivity contribution is 5.85. The quantitative estimate of drug-likeness (QED) is 0.898. The summed E-state index contributed by atoms with van der Waals surface area (Å²) in [6, 6.07) is 10.1. The summed E-state index contributed by atoms with van der Waals surface area (Å²) in [5, 5.41) is 9.32. The van der Waals surface area contributed by atoms with Crippen molar-refractivity contribution in [3.05, 3.63) is 70.8 Å². The Morgan fingerprint density at radius 2 is 2.20 bits per heavy atom. The number of nitrogens with zero attached hydrogens (tertiary/aromatic N) is 1. The Bertz CT molecular complexity index is 1140. The van der Waals surface area contributed by atoms with Crippen LogP contribution in [0.2, 0.25) is 0 Å². The van der Waals surface area contributed by atoms with E-state index in [1.54, 1.807) is 18.2 Å². The van der Waals surface area contributed by atoms with Gasteiger partial charge in [-0.25, -0.2) is 0 Å². The largest absolute Gasteiger partial charge is 0.488 e. The van der Waals surface area contributed by atoms with E-state index >= 15 is 0 Å². The van der Waals surface area contributed by atoms with Crippen LogP contribution in [-0.2, 0) is 17.7 Å². The van der Waals surface area contributed by atoms with Gasteiger partial charge in [-0.2, -0.15) is 0 Å². The summed E-state index contributed by atoms with van der Waals surface area (Å²) in [6.45, 7) is -8.43. The van der Waals surface area contributed by atoms with Crippen LogP contribution in [0.25, 0.3) is 5.57 Å². The molecule has 4 nitrogen and oxygen atoms in total. The summed E-state index contributed by atoms with van der Waals surface area (Å²) < 4.78 is 83.5. The number of ether oxygens (including phenoxy) is 1. The molecule has 2 aromatic rings. The molecule has 1 aliphatic rings. The molecule has 0 unspecified atom stereocenters. The van der Waals surface area contributed by atoms with E-state index in [1.165, 1.54) is 30.3 Å². The zero-order valence-corrected chi connectivity index (χ0v) is 13.2. The average molecular weight is 347 g/mol. The first-order valence-corrected chi connectivity index (χ1v) is 7.61. The normalized spacial score (nSPS) is 24.1. The summed E-state index contributed by atoms with van der Waals surface area (Å²) in [5.74, 6) is -1.69. The third kappa shape index (κ3) is 4.09. The topological polar surface area (TPSA) is 49.8 Å². The van der Waals surface area contributed by atoms with Crippen LogP contribution < -0.4 is 4.74 Å². The molecule has 0 bridgehead atoms. The molecule has 0 radical (unpaired) electrons. The van der Waals surface area contributed by atoms with Crippen molar-refractivity contribution in [1.82, 2.24) is 4.90 Å². The van der Waals surface area contributed by atoms with Gasteiger partial charge in [-0.05, 0) is 54.8 Å². The van der Waals surface area contributed by atoms with Gasteiger partial charge >= 0.3 is 5.97 Å². The molecule has 25 heavy (non-hydrogen) atoms. The molecule has 0 aliphatic carbocycles. The second kappa shape index (κ2) is 7.53. The molecule has 0 saturated carbocycles. The van der Waals surface area contributed by atoms with Gasteiger partial charge in [0.15, 0.2) is 0 Å². The number of hydrogen-bond acceptors (Lipinski definition) is 3. The molecule has 1 aliphatic heterocycles. The van der Waals surface area contributed by atoms with Crippen molar-refractivity contribution in [1.29, 1.82) is 0 Å². The van der Waals surface area contributed by atoms with Crippen molar-refractivity contribution in [3.8, 4) is 5.75 Å². The highest BCUT2D eigenvalue weighted by atomic mass is 16.5. The Kier molecular flexibility index (Phi) is 2.61. The van der Waals surface area contributed by atoms with Crippen molar-refractivity contribution in [2.45, 2.75) is 19.4 Å². The number of carboxylic acids is 1. The Morgan fingerprint density at radius 3 is 3.00 bits per heavy atom. The van der Waals surface area contributed by atoms with E-state index in [0.29, 0.717) is 16.0 Å². The van der Waals surface area contributed by atoms with E-state index in [2.05, 4.69) is 0 Å². The molecular weight excluding hydrogens is 314 g/mol. The molecule has 2 aromatic carbocycles. The van der Waals surface area contributed by atoms with Gasteiger partial charge in [0.25, 0.3) is 0 Å². The number of rotatable bonds is 5. The first-order chi connectivity index (χ1) is 16.0. The van der Waals surface area contributed by atoms with Crippen molar-refractivity contribution < 1.29 is 28.3 Å². The highest BCUT2D eigenvalue weighted by Gasteiger charge is 2.19. The minimum Gasteiger partial charge on any atom is -0.488 e. The summed E-state index contributed by atoms with van der Waals surface area (Å²) in [7, 11) is 0. The van der Waals surface area contributed by atoms with Crippen LogP contribution in [-0.4, -0.2) is 36.5 Å². The van der Waals surface area contributed by atoms with Crippen molar-refractivity contribution in [2.24, 2.45) is 0 Å². The average Bonchev–Trinajstić information content (AvgIpc) is 2.81. The lowest BCUT2D eigenvalue weighted by atomic mass is 9.92. The Labute approximate surface area is 162 Å². The number of hydrogen-bond donors (Lipinski definition) is 1. The minimum atomic E-state index is -2.88. The van der Waals surface area contributed by atoms with Crippen LogP contribution in [0.4, 0.5) is 0 Å². The smallest absolute Gasteiger partial charge is 0.307 e. The van der Waals surface area contributed by atoms with Gasteiger partial charge in [0, 0.05) is 23.1 Å². The Morgan fingerprint density at radius 1 is 1.36 bits per heavy atom. The van der Waals surface area contributed by atoms with Gasteiger partial charge in [0.1, 0.15) is 12.3 Å². The van der Waals surface area contributed by atoms with Crippen molar-refractivity contribution in [3.63, 3.8) is 0 Å². The highest BCUT2D eigenvalue weighted by Crippen LogP contribution is 2.37. The lowest BCUT2D eigenvalue weighted by Crippen LogP contribution is -2.12. The standard InChI is InChI=1S/C21H23NO3/c1-22(2)11-5-8-18-17-7-4-3-6-16(17)14-25-20-10-9-15(12-19(18)20)13-21(23)24/h3-4,6-10,12H,5,11,13-14H2,1-2H3,(H,23,24)/b18-8-/i1D3,2D3,13D2,14D2. The van der Waals surface area contributed by atoms with Gasteiger partial charge < -0.3 is 14.7 Å². The third-order valence-corrected chi connectivity index (χ3v) is 3.71. The van der Waals surface area contributed by atoms with Crippen LogP contribution in [0.1, 0.15) is 42.4 Å². The summed E-state index contributed by atoms with van der Waals surface area (Å²) in [6.07, 6.45) is -1.30. The monoisotopic (exact) mass is 347 g/mol. The van der Waals surface area contributed by atoms with Crippen molar-refractivity contribution >= 4 is 11.5 Å². The number of carboxylic acid groups (broad SMARTS) is 1. The molecule has 0 saturated heterocycles. The SMILES string of the molecule is [2H]C1([2H])Oc2ccc(C([2H])([2H])C(=O)O)cc2/C(=C\CCN(C([2H])([2H])[2H])C([2H])([2H])[2H])c2ccccc21. The lowest BCUT2D eigenvalue weighted by Gasteiger charge is -2.13. The summed E-state index contributed by atoms with van der Waals surface area (Å²) in [5.41, 5.74) is 0.823. The van der Waals surface area contributed by atoms with Crippen LogP contribution in [0.15, 0.2) is 48.5 Å². The molecule has 0 spiro atoms. The molecule has 0 fully saturated rings. The predicted molar refractivity (Wildman–Crippen MR) is 98.8 cm³/mol. The van der Waals surface area contributed by atoms with Gasteiger partial charge in [-0.3, -0.25) is 4.79 Å². The maximum absolute atomic E-state index is 11.5. The van der Waals surface area contributed by atoms with Crippen LogP contribution in [0, 0.1) is 0 Å². The fraction of sp³-hybridized carbons (Fsp3) is 0.286. The zero-order valence-electron chi connectivity index (χ0n) is 23.2. The molecule has 4 heteroatoms. The molecule has 130 valence electrons. The predicted octanol–water partition coefficient (Wildman–Crippen LogP) is 3.59. The maximum atomic E-state index is 11.5. The number of carbonyl (C=O) groups is 1. The van der Waals surface area contributed by atoms with E-state index in [4.69, 9.17) is 18.4 Å². The number of aliphatic carboxylic acids is 1. The third-order valence-electron chi connectivity index (χ3n) is 3.71. The molecule has 3 rings (SSSR count).